The first-order valence-corrected chi connectivity index (χ1v) is 4.98. The summed E-state index contributed by atoms with van der Waals surface area (Å²) >= 11 is 0. The Hall–Kier alpha value is -0.0800. The second-order valence-corrected chi connectivity index (χ2v) is 4.38. The Labute approximate surface area is 75.6 Å². The first kappa shape index (κ1) is 10.0. The van der Waals surface area contributed by atoms with Crippen molar-refractivity contribution in [1.29, 1.82) is 0 Å². The highest BCUT2D eigenvalue weighted by Crippen LogP contribution is 2.23. The number of aliphatic hydroxyl groups excluding tert-OH is 1. The highest BCUT2D eigenvalue weighted by atomic mass is 16.3. The van der Waals surface area contributed by atoms with Crippen molar-refractivity contribution in [3.8, 4) is 0 Å². The van der Waals surface area contributed by atoms with Crippen LogP contribution in [0.4, 0.5) is 0 Å². The van der Waals surface area contributed by atoms with Gasteiger partial charge in [-0.3, -0.25) is 4.90 Å². The van der Waals surface area contributed by atoms with Gasteiger partial charge in [-0.05, 0) is 46.7 Å². The molecule has 1 rings (SSSR count). The molecule has 0 radical (unpaired) electrons. The lowest BCUT2D eigenvalue weighted by Crippen LogP contribution is -2.53. The van der Waals surface area contributed by atoms with Gasteiger partial charge in [0.05, 0.1) is 6.10 Å². The molecule has 0 spiro atoms. The van der Waals surface area contributed by atoms with E-state index in [-0.39, 0.29) is 11.6 Å². The standard InChI is InChI=1S/C10H21NO/c1-9(12)10(2,3)11-7-5-4-6-8-11/h9,12H,4-8H2,1-3H3. The number of nitrogens with zero attached hydrogens (tertiary/aromatic N) is 1. The van der Waals surface area contributed by atoms with Gasteiger partial charge in [0.1, 0.15) is 0 Å². The number of aliphatic hydroxyl groups is 1. The van der Waals surface area contributed by atoms with Gasteiger partial charge in [0, 0.05) is 5.54 Å². The van der Waals surface area contributed by atoms with Crippen molar-refractivity contribution in [2.45, 2.75) is 51.7 Å². The largest absolute Gasteiger partial charge is 0.392 e. The van der Waals surface area contributed by atoms with Gasteiger partial charge in [-0.25, -0.2) is 0 Å². The Morgan fingerprint density at radius 3 is 2.08 bits per heavy atom. The first-order chi connectivity index (χ1) is 5.55. The molecule has 0 aromatic carbocycles. The molecule has 12 heavy (non-hydrogen) atoms. The van der Waals surface area contributed by atoms with Gasteiger partial charge in [0.2, 0.25) is 0 Å². The van der Waals surface area contributed by atoms with Crippen molar-refractivity contribution in [2.75, 3.05) is 13.1 Å². The Bertz CT molecular complexity index is 137. The smallest absolute Gasteiger partial charge is 0.0690 e. The van der Waals surface area contributed by atoms with Gasteiger partial charge >= 0.3 is 0 Å². The zero-order valence-corrected chi connectivity index (χ0v) is 8.51. The van der Waals surface area contributed by atoms with Crippen LogP contribution in [0, 0.1) is 0 Å². The number of rotatable bonds is 2. The van der Waals surface area contributed by atoms with Crippen LogP contribution in [0.5, 0.6) is 0 Å². The molecule has 1 heterocycles. The normalized spacial score (nSPS) is 24.0. The Morgan fingerprint density at radius 2 is 1.67 bits per heavy atom. The summed E-state index contributed by atoms with van der Waals surface area (Å²) in [5.41, 5.74) is -0.0412. The third kappa shape index (κ3) is 1.99. The van der Waals surface area contributed by atoms with Crippen LogP contribution in [0.3, 0.4) is 0 Å². The van der Waals surface area contributed by atoms with Crippen LogP contribution >= 0.6 is 0 Å². The highest BCUT2D eigenvalue weighted by Gasteiger charge is 2.31. The fourth-order valence-electron chi connectivity index (χ4n) is 1.73. The third-order valence-electron chi connectivity index (χ3n) is 3.19. The summed E-state index contributed by atoms with van der Waals surface area (Å²) in [6.07, 6.45) is 3.69. The number of piperidine rings is 1. The van der Waals surface area contributed by atoms with Crippen LogP contribution in [-0.2, 0) is 0 Å². The van der Waals surface area contributed by atoms with Gasteiger partial charge in [-0.15, -0.1) is 0 Å². The van der Waals surface area contributed by atoms with Crippen LogP contribution in [-0.4, -0.2) is 34.7 Å². The van der Waals surface area contributed by atoms with Crippen LogP contribution in [0.1, 0.15) is 40.0 Å². The van der Waals surface area contributed by atoms with E-state index in [1.165, 1.54) is 19.3 Å². The van der Waals surface area contributed by atoms with Crippen molar-refractivity contribution in [3.05, 3.63) is 0 Å². The summed E-state index contributed by atoms with van der Waals surface area (Å²) in [6.45, 7) is 8.44. The van der Waals surface area contributed by atoms with Crippen molar-refractivity contribution in [3.63, 3.8) is 0 Å². The molecule has 72 valence electrons. The van der Waals surface area contributed by atoms with Crippen LogP contribution in [0.15, 0.2) is 0 Å². The van der Waals surface area contributed by atoms with Crippen LogP contribution in [0.25, 0.3) is 0 Å². The molecule has 2 nitrogen and oxygen atoms in total. The molecule has 0 aromatic heterocycles. The molecule has 0 aromatic rings. The van der Waals surface area contributed by atoms with E-state index in [2.05, 4.69) is 18.7 Å². The monoisotopic (exact) mass is 171 g/mol. The van der Waals surface area contributed by atoms with Crippen LogP contribution in [0.2, 0.25) is 0 Å². The van der Waals surface area contributed by atoms with E-state index in [1.807, 2.05) is 6.92 Å². The van der Waals surface area contributed by atoms with Gasteiger partial charge in [-0.1, -0.05) is 6.42 Å². The van der Waals surface area contributed by atoms with Crippen molar-refractivity contribution < 1.29 is 5.11 Å². The van der Waals surface area contributed by atoms with E-state index in [0.717, 1.165) is 13.1 Å². The molecular formula is C10H21NO. The maximum atomic E-state index is 9.59. The topological polar surface area (TPSA) is 23.5 Å². The van der Waals surface area contributed by atoms with E-state index < -0.39 is 0 Å². The molecule has 0 bridgehead atoms. The van der Waals surface area contributed by atoms with Crippen molar-refractivity contribution in [2.24, 2.45) is 0 Å². The maximum absolute atomic E-state index is 9.59. The molecule has 1 atom stereocenters. The molecule has 0 amide bonds. The highest BCUT2D eigenvalue weighted by molar-refractivity contribution is 4.87. The molecule has 2 heteroatoms. The fourth-order valence-corrected chi connectivity index (χ4v) is 1.73. The zero-order chi connectivity index (χ0) is 9.19. The van der Waals surface area contributed by atoms with E-state index in [1.54, 1.807) is 0 Å². The SMILES string of the molecule is CC(O)C(C)(C)N1CCCCC1. The summed E-state index contributed by atoms with van der Waals surface area (Å²) in [4.78, 5) is 2.40. The van der Waals surface area contributed by atoms with E-state index >= 15 is 0 Å². The predicted molar refractivity (Wildman–Crippen MR) is 51.2 cm³/mol. The fraction of sp³-hybridized carbons (Fsp3) is 1.00. The number of likely N-dealkylation sites (tertiary alicyclic amines) is 1. The number of hydrogen-bond acceptors (Lipinski definition) is 2. The minimum atomic E-state index is -0.240. The molecular weight excluding hydrogens is 150 g/mol. The van der Waals surface area contributed by atoms with E-state index in [4.69, 9.17) is 0 Å². The molecule has 0 aliphatic carbocycles. The molecule has 1 fully saturated rings. The summed E-state index contributed by atoms with van der Waals surface area (Å²) in [5.74, 6) is 0. The molecule has 0 saturated carbocycles. The zero-order valence-electron chi connectivity index (χ0n) is 8.51. The maximum Gasteiger partial charge on any atom is 0.0690 e. The molecule has 1 unspecified atom stereocenters. The van der Waals surface area contributed by atoms with Gasteiger partial charge in [-0.2, -0.15) is 0 Å². The van der Waals surface area contributed by atoms with Crippen molar-refractivity contribution >= 4 is 0 Å². The summed E-state index contributed by atoms with van der Waals surface area (Å²) in [6, 6.07) is 0. The minimum Gasteiger partial charge on any atom is -0.392 e. The third-order valence-corrected chi connectivity index (χ3v) is 3.19. The molecule has 1 aliphatic rings. The molecule has 1 N–H and O–H groups in total. The van der Waals surface area contributed by atoms with E-state index in [9.17, 15) is 5.11 Å². The Morgan fingerprint density at radius 1 is 1.17 bits per heavy atom. The van der Waals surface area contributed by atoms with Gasteiger partial charge < -0.3 is 5.11 Å². The lowest BCUT2D eigenvalue weighted by Gasteiger charge is -2.42. The molecule has 1 saturated heterocycles. The predicted octanol–water partition coefficient (Wildman–Crippen LogP) is 1.63. The quantitative estimate of drug-likeness (QED) is 0.682. The Balaban J connectivity index is 2.53. The average molecular weight is 171 g/mol. The number of hydrogen-bond donors (Lipinski definition) is 1. The summed E-state index contributed by atoms with van der Waals surface area (Å²) < 4.78 is 0. The first-order valence-electron chi connectivity index (χ1n) is 4.98. The van der Waals surface area contributed by atoms with Gasteiger partial charge in [0.15, 0.2) is 0 Å². The average Bonchev–Trinajstić information content (AvgIpc) is 2.06. The Kier molecular flexibility index (Phi) is 3.13. The van der Waals surface area contributed by atoms with Gasteiger partial charge in [0.25, 0.3) is 0 Å². The summed E-state index contributed by atoms with van der Waals surface area (Å²) in [5, 5.41) is 9.59. The summed E-state index contributed by atoms with van der Waals surface area (Å²) in [7, 11) is 0. The van der Waals surface area contributed by atoms with Crippen molar-refractivity contribution in [1.82, 2.24) is 4.90 Å². The van der Waals surface area contributed by atoms with E-state index in [0.29, 0.717) is 0 Å². The minimum absolute atomic E-state index is 0.0412. The second kappa shape index (κ2) is 3.75. The lowest BCUT2D eigenvalue weighted by atomic mass is 9.93. The lowest BCUT2D eigenvalue weighted by molar-refractivity contribution is -0.00933. The second-order valence-electron chi connectivity index (χ2n) is 4.38. The molecule has 1 aliphatic heterocycles. The van der Waals surface area contributed by atoms with Crippen LogP contribution < -0.4 is 0 Å².